The van der Waals surface area contributed by atoms with Crippen LogP contribution in [0, 0.1) is 6.92 Å². The number of fused-ring (bicyclic) bond motifs is 1. The summed E-state index contributed by atoms with van der Waals surface area (Å²) in [6.45, 7) is 4.27. The molecule has 15 heavy (non-hydrogen) atoms. The Hall–Kier alpha value is -1.44. The summed E-state index contributed by atoms with van der Waals surface area (Å²) < 4.78 is 0. The molecule has 2 nitrogen and oxygen atoms in total. The van der Waals surface area contributed by atoms with Gasteiger partial charge in [-0.2, -0.15) is 0 Å². The number of hydrogen-bond donors (Lipinski definition) is 0. The van der Waals surface area contributed by atoms with Gasteiger partial charge in [0.1, 0.15) is 0 Å². The lowest BCUT2D eigenvalue weighted by Crippen LogP contribution is -1.93. The number of hydrogen-bond acceptors (Lipinski definition) is 2. The van der Waals surface area contributed by atoms with Gasteiger partial charge in [0.05, 0.1) is 16.7 Å². The van der Waals surface area contributed by atoms with Crippen LogP contribution in [0.3, 0.4) is 0 Å². The molecule has 0 bridgehead atoms. The monoisotopic (exact) mass is 200 g/mol. The molecule has 2 rings (SSSR count). The van der Waals surface area contributed by atoms with Crippen molar-refractivity contribution in [3.63, 3.8) is 0 Å². The number of aromatic nitrogens is 2. The maximum absolute atomic E-state index is 4.59. The van der Waals surface area contributed by atoms with Gasteiger partial charge >= 0.3 is 0 Å². The van der Waals surface area contributed by atoms with Crippen molar-refractivity contribution < 1.29 is 0 Å². The second kappa shape index (κ2) is 4.39. The summed E-state index contributed by atoms with van der Waals surface area (Å²) in [4.78, 5) is 9.02. The molecule has 0 spiro atoms. The van der Waals surface area contributed by atoms with Crippen LogP contribution in [0.4, 0.5) is 0 Å². The number of benzene rings is 1. The first-order valence-electron chi connectivity index (χ1n) is 5.52. The standard InChI is InChI=1S/C13H16N2/c1-3-4-5-11-9-14-13-8-10(2)6-7-12(13)15-11/h6-9H,3-5H2,1-2H3. The third kappa shape index (κ3) is 2.32. The van der Waals surface area contributed by atoms with Gasteiger partial charge in [-0.3, -0.25) is 4.98 Å². The number of unbranched alkanes of at least 4 members (excludes halogenated alkanes) is 1. The van der Waals surface area contributed by atoms with Gasteiger partial charge in [-0.05, 0) is 37.5 Å². The summed E-state index contributed by atoms with van der Waals surface area (Å²) in [6.07, 6.45) is 5.32. The Bertz CT molecular complexity index is 463. The van der Waals surface area contributed by atoms with Crippen molar-refractivity contribution in [1.29, 1.82) is 0 Å². The van der Waals surface area contributed by atoms with Crippen molar-refractivity contribution in [2.45, 2.75) is 33.1 Å². The first-order chi connectivity index (χ1) is 7.29. The molecule has 0 aliphatic rings. The Morgan fingerprint density at radius 2 is 2.07 bits per heavy atom. The lowest BCUT2D eigenvalue weighted by atomic mass is 10.2. The van der Waals surface area contributed by atoms with Crippen molar-refractivity contribution in [2.24, 2.45) is 0 Å². The van der Waals surface area contributed by atoms with Crippen molar-refractivity contribution in [2.75, 3.05) is 0 Å². The first kappa shape index (κ1) is 10.1. The zero-order valence-electron chi connectivity index (χ0n) is 9.33. The van der Waals surface area contributed by atoms with Crippen LogP contribution in [-0.2, 0) is 6.42 Å². The molecule has 1 heterocycles. The highest BCUT2D eigenvalue weighted by Gasteiger charge is 1.99. The molecule has 0 saturated carbocycles. The van der Waals surface area contributed by atoms with Crippen LogP contribution >= 0.6 is 0 Å². The smallest absolute Gasteiger partial charge is 0.0890 e. The third-order valence-corrected chi connectivity index (χ3v) is 2.53. The maximum atomic E-state index is 4.59. The molecule has 0 amide bonds. The van der Waals surface area contributed by atoms with Gasteiger partial charge in [0.25, 0.3) is 0 Å². The topological polar surface area (TPSA) is 25.8 Å². The van der Waals surface area contributed by atoms with Gasteiger partial charge in [-0.15, -0.1) is 0 Å². The Balaban J connectivity index is 2.34. The third-order valence-electron chi connectivity index (χ3n) is 2.53. The molecule has 78 valence electrons. The molecule has 0 atom stereocenters. The van der Waals surface area contributed by atoms with Gasteiger partial charge in [0.2, 0.25) is 0 Å². The van der Waals surface area contributed by atoms with Gasteiger partial charge in [0.15, 0.2) is 0 Å². The molecule has 0 unspecified atom stereocenters. The van der Waals surface area contributed by atoms with E-state index in [2.05, 4.69) is 35.9 Å². The summed E-state index contributed by atoms with van der Waals surface area (Å²) in [5, 5.41) is 0. The maximum Gasteiger partial charge on any atom is 0.0890 e. The van der Waals surface area contributed by atoms with Crippen LogP contribution in [0.25, 0.3) is 11.0 Å². The lowest BCUT2D eigenvalue weighted by Gasteiger charge is -2.02. The van der Waals surface area contributed by atoms with Crippen LogP contribution in [0.2, 0.25) is 0 Å². The normalized spacial score (nSPS) is 10.8. The van der Waals surface area contributed by atoms with E-state index in [0.29, 0.717) is 0 Å². The largest absolute Gasteiger partial charge is 0.253 e. The molecule has 0 fully saturated rings. The second-order valence-corrected chi connectivity index (χ2v) is 3.96. The number of nitrogens with zero attached hydrogens (tertiary/aromatic N) is 2. The molecule has 0 N–H and O–H groups in total. The highest BCUT2D eigenvalue weighted by molar-refractivity contribution is 5.74. The summed E-state index contributed by atoms with van der Waals surface area (Å²) in [7, 11) is 0. The predicted octanol–water partition coefficient (Wildman–Crippen LogP) is 3.28. The summed E-state index contributed by atoms with van der Waals surface area (Å²) in [6, 6.07) is 6.21. The Labute approximate surface area is 90.4 Å². The van der Waals surface area contributed by atoms with Crippen molar-refractivity contribution >= 4 is 11.0 Å². The minimum Gasteiger partial charge on any atom is -0.253 e. The SMILES string of the molecule is CCCCc1cnc2cc(C)ccc2n1. The molecule has 0 aliphatic carbocycles. The molecule has 0 radical (unpaired) electrons. The quantitative estimate of drug-likeness (QED) is 0.759. The number of aryl methyl sites for hydroxylation is 2. The van der Waals surface area contributed by atoms with Crippen LogP contribution < -0.4 is 0 Å². The van der Waals surface area contributed by atoms with E-state index in [1.54, 1.807) is 0 Å². The van der Waals surface area contributed by atoms with Gasteiger partial charge in [-0.25, -0.2) is 4.98 Å². The van der Waals surface area contributed by atoms with Gasteiger partial charge in [-0.1, -0.05) is 19.4 Å². The van der Waals surface area contributed by atoms with Crippen LogP contribution in [0.5, 0.6) is 0 Å². The van der Waals surface area contributed by atoms with E-state index in [4.69, 9.17) is 0 Å². The Kier molecular flexibility index (Phi) is 2.95. The van der Waals surface area contributed by atoms with E-state index in [1.165, 1.54) is 18.4 Å². The fourth-order valence-electron chi connectivity index (χ4n) is 1.64. The molecular weight excluding hydrogens is 184 g/mol. The average Bonchev–Trinajstić information content (AvgIpc) is 2.26. The average molecular weight is 200 g/mol. The van der Waals surface area contributed by atoms with Crippen molar-refractivity contribution in [3.8, 4) is 0 Å². The molecule has 1 aromatic heterocycles. The van der Waals surface area contributed by atoms with Gasteiger partial charge in [0, 0.05) is 6.20 Å². The molecule has 1 aromatic carbocycles. The molecule has 2 heteroatoms. The number of rotatable bonds is 3. The minimum atomic E-state index is 0.996. The second-order valence-electron chi connectivity index (χ2n) is 3.96. The van der Waals surface area contributed by atoms with Crippen LogP contribution in [0.15, 0.2) is 24.4 Å². The fourth-order valence-corrected chi connectivity index (χ4v) is 1.64. The van der Waals surface area contributed by atoms with E-state index in [9.17, 15) is 0 Å². The zero-order valence-corrected chi connectivity index (χ0v) is 9.33. The molecule has 2 aromatic rings. The summed E-state index contributed by atoms with van der Waals surface area (Å²) in [5.74, 6) is 0. The highest BCUT2D eigenvalue weighted by Crippen LogP contribution is 2.12. The summed E-state index contributed by atoms with van der Waals surface area (Å²) >= 11 is 0. The van der Waals surface area contributed by atoms with E-state index in [0.717, 1.165) is 23.1 Å². The van der Waals surface area contributed by atoms with E-state index in [1.807, 2.05) is 12.3 Å². The predicted molar refractivity (Wildman–Crippen MR) is 62.9 cm³/mol. The Morgan fingerprint density at radius 1 is 1.20 bits per heavy atom. The van der Waals surface area contributed by atoms with E-state index in [-0.39, 0.29) is 0 Å². The molecule has 0 aliphatic heterocycles. The first-order valence-corrected chi connectivity index (χ1v) is 5.52. The zero-order chi connectivity index (χ0) is 10.7. The molecule has 0 saturated heterocycles. The van der Waals surface area contributed by atoms with Crippen molar-refractivity contribution in [1.82, 2.24) is 9.97 Å². The lowest BCUT2D eigenvalue weighted by molar-refractivity contribution is 0.776. The minimum absolute atomic E-state index is 0.996. The highest BCUT2D eigenvalue weighted by atomic mass is 14.8. The van der Waals surface area contributed by atoms with E-state index < -0.39 is 0 Å². The van der Waals surface area contributed by atoms with Crippen molar-refractivity contribution in [3.05, 3.63) is 35.7 Å². The molecular formula is C13H16N2. The van der Waals surface area contributed by atoms with Crippen LogP contribution in [-0.4, -0.2) is 9.97 Å². The van der Waals surface area contributed by atoms with E-state index >= 15 is 0 Å². The Morgan fingerprint density at radius 3 is 2.87 bits per heavy atom. The van der Waals surface area contributed by atoms with Gasteiger partial charge < -0.3 is 0 Å². The van der Waals surface area contributed by atoms with Crippen LogP contribution in [0.1, 0.15) is 31.0 Å². The summed E-state index contributed by atoms with van der Waals surface area (Å²) in [5.41, 5.74) is 4.34. The fraction of sp³-hybridized carbons (Fsp3) is 0.385.